The Kier molecular flexibility index (Phi) is 7.93. The molecule has 0 fully saturated rings. The lowest BCUT2D eigenvalue weighted by Crippen LogP contribution is -2.34. The quantitative estimate of drug-likeness (QED) is 0.160. The summed E-state index contributed by atoms with van der Waals surface area (Å²) in [5.41, 5.74) is 5.99. The largest absolute Gasteiger partial charge is 0.872 e. The minimum absolute atomic E-state index is 0.0467. The summed E-state index contributed by atoms with van der Waals surface area (Å²) in [4.78, 5) is 12.4. The molecule has 0 aliphatic heterocycles. The van der Waals surface area contributed by atoms with E-state index in [1.165, 1.54) is 29.6 Å². The van der Waals surface area contributed by atoms with E-state index in [1.807, 2.05) is 28.8 Å². The van der Waals surface area contributed by atoms with Gasteiger partial charge in [0.05, 0.1) is 29.7 Å². The second-order valence-corrected chi connectivity index (χ2v) is 10.3. The fourth-order valence-electron chi connectivity index (χ4n) is 3.61. The molecule has 0 spiro atoms. The number of carbonyl (C=O) groups excluding carboxylic acids is 1. The van der Waals surface area contributed by atoms with Crippen LogP contribution in [0.3, 0.4) is 0 Å². The van der Waals surface area contributed by atoms with E-state index in [2.05, 4.69) is 65.8 Å². The summed E-state index contributed by atoms with van der Waals surface area (Å²) in [5.74, 6) is 1.15. The van der Waals surface area contributed by atoms with Crippen molar-refractivity contribution < 1.29 is 19.2 Å². The van der Waals surface area contributed by atoms with E-state index >= 15 is 0 Å². The Bertz CT molecular complexity index is 1390. The SMILES string of the molecule is COc1ccc(-[n+]2c(SCC(=O)NN=Cc3ccccc3[O-])n[nH]c2-c2ccc(C(C)(C)C)cc2)cc1. The molecule has 0 saturated carbocycles. The van der Waals surface area contributed by atoms with E-state index in [0.29, 0.717) is 10.7 Å². The maximum absolute atomic E-state index is 12.4. The van der Waals surface area contributed by atoms with E-state index in [1.54, 1.807) is 25.3 Å². The maximum Gasteiger partial charge on any atom is 0.342 e. The first kappa shape index (κ1) is 26.0. The lowest BCUT2D eigenvalue weighted by Gasteiger charge is -2.18. The Hall–Kier alpha value is -4.11. The van der Waals surface area contributed by atoms with Gasteiger partial charge in [-0.3, -0.25) is 4.79 Å². The Morgan fingerprint density at radius 3 is 2.46 bits per heavy atom. The number of hydrazone groups is 1. The molecule has 4 rings (SSSR count). The number of hydrogen-bond acceptors (Lipinski definition) is 6. The number of nitrogens with zero attached hydrogens (tertiary/aromatic N) is 3. The Morgan fingerprint density at radius 1 is 1.11 bits per heavy atom. The van der Waals surface area contributed by atoms with Crippen molar-refractivity contribution in [1.29, 1.82) is 0 Å². The zero-order valence-electron chi connectivity index (χ0n) is 21.2. The van der Waals surface area contributed by atoms with Gasteiger partial charge in [0.15, 0.2) is 0 Å². The molecule has 0 aliphatic rings. The lowest BCUT2D eigenvalue weighted by molar-refractivity contribution is -0.625. The van der Waals surface area contributed by atoms with E-state index in [-0.39, 0.29) is 22.8 Å². The molecule has 2 N–H and O–H groups in total. The summed E-state index contributed by atoms with van der Waals surface area (Å²) in [7, 11) is 1.63. The number of aromatic nitrogens is 3. The van der Waals surface area contributed by atoms with E-state index in [4.69, 9.17) is 4.74 Å². The van der Waals surface area contributed by atoms with Crippen molar-refractivity contribution in [3.05, 3.63) is 83.9 Å². The topological polar surface area (TPSA) is 106 Å². The molecule has 0 unspecified atom stereocenters. The molecule has 3 aromatic carbocycles. The predicted octanol–water partition coefficient (Wildman–Crippen LogP) is 3.98. The first-order valence-electron chi connectivity index (χ1n) is 11.7. The first-order chi connectivity index (χ1) is 17.8. The molecule has 190 valence electrons. The fourth-order valence-corrected chi connectivity index (χ4v) is 4.37. The van der Waals surface area contributed by atoms with E-state index in [9.17, 15) is 9.90 Å². The van der Waals surface area contributed by atoms with Gasteiger partial charge in [0.25, 0.3) is 11.7 Å². The molecule has 8 nitrogen and oxygen atoms in total. The van der Waals surface area contributed by atoms with E-state index in [0.717, 1.165) is 22.8 Å². The number of aromatic amines is 1. The molecule has 0 radical (unpaired) electrons. The Morgan fingerprint density at radius 2 is 1.81 bits per heavy atom. The monoisotopic (exact) mass is 515 g/mol. The van der Waals surface area contributed by atoms with Crippen LogP contribution in [0.2, 0.25) is 0 Å². The van der Waals surface area contributed by atoms with Crippen molar-refractivity contribution in [1.82, 2.24) is 15.6 Å². The number of methoxy groups -OCH3 is 1. The third kappa shape index (κ3) is 6.37. The second kappa shape index (κ2) is 11.3. The third-order valence-corrected chi connectivity index (χ3v) is 6.61. The van der Waals surface area contributed by atoms with Crippen LogP contribution in [0.15, 0.2) is 83.1 Å². The molecule has 9 heteroatoms. The van der Waals surface area contributed by atoms with Crippen LogP contribution in [0.25, 0.3) is 17.1 Å². The number of benzene rings is 3. The van der Waals surface area contributed by atoms with Gasteiger partial charge in [0.2, 0.25) is 0 Å². The van der Waals surface area contributed by atoms with Gasteiger partial charge in [-0.05, 0) is 64.7 Å². The number of amides is 1. The summed E-state index contributed by atoms with van der Waals surface area (Å²) in [6.07, 6.45) is 1.34. The van der Waals surface area contributed by atoms with Gasteiger partial charge in [-0.25, -0.2) is 5.43 Å². The van der Waals surface area contributed by atoms with Crippen molar-refractivity contribution in [2.75, 3.05) is 12.9 Å². The third-order valence-electron chi connectivity index (χ3n) is 5.67. The van der Waals surface area contributed by atoms with Gasteiger partial charge in [0, 0.05) is 0 Å². The van der Waals surface area contributed by atoms with Crippen LogP contribution in [0.5, 0.6) is 11.5 Å². The molecule has 37 heavy (non-hydrogen) atoms. The minimum atomic E-state index is -0.315. The molecular formula is C28H29N5O3S. The van der Waals surface area contributed by atoms with Crippen LogP contribution >= 0.6 is 11.8 Å². The van der Waals surface area contributed by atoms with Crippen molar-refractivity contribution in [3.8, 4) is 28.6 Å². The summed E-state index contributed by atoms with van der Waals surface area (Å²) in [6.45, 7) is 6.54. The predicted molar refractivity (Wildman–Crippen MR) is 143 cm³/mol. The minimum Gasteiger partial charge on any atom is -0.872 e. The molecule has 1 aromatic heterocycles. The van der Waals surface area contributed by atoms with Gasteiger partial charge in [-0.15, -0.1) is 5.10 Å². The highest BCUT2D eigenvalue weighted by atomic mass is 32.2. The number of hydrogen-bond donors (Lipinski definition) is 2. The highest BCUT2D eigenvalue weighted by molar-refractivity contribution is 7.99. The molecule has 0 saturated heterocycles. The zero-order valence-corrected chi connectivity index (χ0v) is 22.0. The van der Waals surface area contributed by atoms with Gasteiger partial charge in [-0.1, -0.05) is 62.9 Å². The number of ether oxygens (including phenoxy) is 1. The summed E-state index contributed by atoms with van der Waals surface area (Å²) in [6, 6.07) is 22.5. The van der Waals surface area contributed by atoms with Crippen LogP contribution in [0, 0.1) is 0 Å². The van der Waals surface area contributed by atoms with Gasteiger partial charge >= 0.3 is 5.16 Å². The summed E-state index contributed by atoms with van der Waals surface area (Å²) >= 11 is 1.27. The summed E-state index contributed by atoms with van der Waals surface area (Å²) < 4.78 is 7.28. The summed E-state index contributed by atoms with van der Waals surface area (Å²) in [5, 5.41) is 23.9. The number of nitrogens with one attached hydrogen (secondary N) is 2. The van der Waals surface area contributed by atoms with Crippen molar-refractivity contribution in [2.24, 2.45) is 5.10 Å². The van der Waals surface area contributed by atoms with Crippen LogP contribution in [0.1, 0.15) is 31.9 Å². The number of para-hydroxylation sites is 1. The smallest absolute Gasteiger partial charge is 0.342 e. The zero-order chi connectivity index (χ0) is 26.4. The van der Waals surface area contributed by atoms with E-state index < -0.39 is 0 Å². The average molecular weight is 516 g/mol. The maximum atomic E-state index is 12.4. The highest BCUT2D eigenvalue weighted by Crippen LogP contribution is 2.26. The number of thioether (sulfide) groups is 1. The fraction of sp³-hybridized carbons (Fsp3) is 0.214. The van der Waals surface area contributed by atoms with Gasteiger partial charge in [-0.2, -0.15) is 9.67 Å². The molecule has 0 atom stereocenters. The molecule has 1 amide bonds. The highest BCUT2D eigenvalue weighted by Gasteiger charge is 2.25. The number of H-pyrrole nitrogens is 1. The normalized spacial score (nSPS) is 11.6. The number of rotatable bonds is 8. The molecule has 4 aromatic rings. The Balaban J connectivity index is 1.56. The van der Waals surface area contributed by atoms with Gasteiger partial charge < -0.3 is 9.84 Å². The van der Waals surface area contributed by atoms with Crippen LogP contribution in [0.4, 0.5) is 0 Å². The van der Waals surface area contributed by atoms with Crippen LogP contribution in [-0.2, 0) is 10.2 Å². The second-order valence-electron chi connectivity index (χ2n) is 9.34. The molecule has 0 aliphatic carbocycles. The molecule has 1 heterocycles. The van der Waals surface area contributed by atoms with Crippen LogP contribution in [-0.4, -0.2) is 35.2 Å². The standard InChI is InChI=1S/C28H29N5O3S/c1-28(2,3)21-11-9-19(10-12-21)26-31-32-27(33(26)22-13-15-23(36-4)16-14-22)37-18-25(35)30-29-17-20-7-5-6-8-24(20)34/h5-17H,18H2,1-4H3,(H2,29,30,34,35). The van der Waals surface area contributed by atoms with Gasteiger partial charge in [0.1, 0.15) is 11.4 Å². The average Bonchev–Trinajstić information content (AvgIpc) is 3.32. The van der Waals surface area contributed by atoms with Crippen molar-refractivity contribution in [2.45, 2.75) is 31.3 Å². The Labute approximate surface area is 220 Å². The van der Waals surface area contributed by atoms with Crippen molar-refractivity contribution in [3.63, 3.8) is 0 Å². The van der Waals surface area contributed by atoms with Crippen molar-refractivity contribution >= 4 is 23.9 Å². The first-order valence-corrected chi connectivity index (χ1v) is 12.7. The number of carbonyl (C=O) groups is 1. The molecular weight excluding hydrogens is 486 g/mol. The molecule has 0 bridgehead atoms. The van der Waals surface area contributed by atoms with Crippen LogP contribution < -0.4 is 19.8 Å². The lowest BCUT2D eigenvalue weighted by atomic mass is 9.87.